The fraction of sp³-hybridized carbons (Fsp3) is 0.929. The van der Waals surface area contributed by atoms with E-state index < -0.39 is 27.8 Å². The Kier molecular flexibility index (Phi) is 6.19. The Morgan fingerprint density at radius 3 is 2.50 bits per heavy atom. The molecular formula is C14H27N3O4S. The summed E-state index contributed by atoms with van der Waals surface area (Å²) in [7, 11) is -3.60. The van der Waals surface area contributed by atoms with Crippen LogP contribution in [0.15, 0.2) is 0 Å². The largest absolute Gasteiger partial charge is 0.391 e. The Labute approximate surface area is 132 Å². The van der Waals surface area contributed by atoms with Crippen LogP contribution in [0.3, 0.4) is 0 Å². The lowest BCUT2D eigenvalue weighted by molar-refractivity contribution is -0.118. The standard InChI is InChI=1S/C14H27N3O4S/c1-10-2-4-12(5-3-10)17-22(20,21)9-14(19)16-7-11-6-15-8-13(11)18/h10-13,15,17-18H,2-9H2,1H3,(H,16,19). The minimum Gasteiger partial charge on any atom is -0.391 e. The van der Waals surface area contributed by atoms with Gasteiger partial charge in [0.1, 0.15) is 5.75 Å². The number of amides is 1. The van der Waals surface area contributed by atoms with E-state index in [0.29, 0.717) is 25.6 Å². The molecule has 0 bridgehead atoms. The van der Waals surface area contributed by atoms with E-state index >= 15 is 0 Å². The molecule has 1 saturated carbocycles. The van der Waals surface area contributed by atoms with Gasteiger partial charge in [-0.3, -0.25) is 4.79 Å². The van der Waals surface area contributed by atoms with Gasteiger partial charge in [0.2, 0.25) is 15.9 Å². The molecule has 0 aromatic heterocycles. The van der Waals surface area contributed by atoms with Crippen LogP contribution in [0.1, 0.15) is 32.6 Å². The van der Waals surface area contributed by atoms with E-state index in [1.165, 1.54) is 0 Å². The maximum atomic E-state index is 12.0. The van der Waals surface area contributed by atoms with Crippen molar-refractivity contribution < 1.29 is 18.3 Å². The van der Waals surface area contributed by atoms with Crippen molar-refractivity contribution in [3.63, 3.8) is 0 Å². The van der Waals surface area contributed by atoms with Crippen molar-refractivity contribution in [2.75, 3.05) is 25.4 Å². The number of hydrogen-bond donors (Lipinski definition) is 4. The summed E-state index contributed by atoms with van der Waals surface area (Å²) < 4.78 is 26.7. The Balaban J connectivity index is 1.72. The van der Waals surface area contributed by atoms with E-state index in [1.54, 1.807) is 0 Å². The van der Waals surface area contributed by atoms with Gasteiger partial charge in [-0.25, -0.2) is 13.1 Å². The first kappa shape index (κ1) is 17.7. The highest BCUT2D eigenvalue weighted by molar-refractivity contribution is 7.90. The number of aliphatic hydroxyl groups is 1. The van der Waals surface area contributed by atoms with Crippen molar-refractivity contribution in [1.29, 1.82) is 0 Å². The van der Waals surface area contributed by atoms with E-state index in [1.807, 2.05) is 0 Å². The minimum absolute atomic E-state index is 0.0464. The highest BCUT2D eigenvalue weighted by atomic mass is 32.2. The molecule has 1 aliphatic carbocycles. The van der Waals surface area contributed by atoms with Crippen molar-refractivity contribution in [3.05, 3.63) is 0 Å². The lowest BCUT2D eigenvalue weighted by Gasteiger charge is -2.26. The summed E-state index contributed by atoms with van der Waals surface area (Å²) in [5, 5.41) is 15.2. The van der Waals surface area contributed by atoms with Crippen molar-refractivity contribution in [1.82, 2.24) is 15.4 Å². The second-order valence-corrected chi connectivity index (χ2v) is 8.38. The molecule has 22 heavy (non-hydrogen) atoms. The molecular weight excluding hydrogens is 306 g/mol. The van der Waals surface area contributed by atoms with Gasteiger partial charge in [0.05, 0.1) is 6.10 Å². The molecule has 2 aliphatic rings. The molecule has 0 spiro atoms. The first-order chi connectivity index (χ1) is 10.4. The summed E-state index contributed by atoms with van der Waals surface area (Å²) in [5.41, 5.74) is 0. The predicted octanol–water partition coefficient (Wildman–Crippen LogP) is -0.819. The van der Waals surface area contributed by atoms with Gasteiger partial charge in [0.25, 0.3) is 0 Å². The molecule has 2 rings (SSSR count). The molecule has 0 aromatic carbocycles. The van der Waals surface area contributed by atoms with Crippen LogP contribution in [-0.2, 0) is 14.8 Å². The van der Waals surface area contributed by atoms with Crippen LogP contribution in [0.2, 0.25) is 0 Å². The van der Waals surface area contributed by atoms with Gasteiger partial charge < -0.3 is 15.7 Å². The molecule has 0 radical (unpaired) electrons. The maximum absolute atomic E-state index is 12.0. The van der Waals surface area contributed by atoms with Gasteiger partial charge in [-0.05, 0) is 31.6 Å². The first-order valence-electron chi connectivity index (χ1n) is 8.01. The Morgan fingerprint density at radius 1 is 1.23 bits per heavy atom. The summed E-state index contributed by atoms with van der Waals surface area (Å²) in [4.78, 5) is 11.8. The third-order valence-corrected chi connectivity index (χ3v) is 5.88. The zero-order valence-corrected chi connectivity index (χ0v) is 13.9. The third kappa shape index (κ3) is 5.49. The molecule has 1 saturated heterocycles. The normalized spacial score (nSPS) is 32.8. The number of hydrogen-bond acceptors (Lipinski definition) is 5. The lowest BCUT2D eigenvalue weighted by atomic mass is 9.88. The molecule has 8 heteroatoms. The van der Waals surface area contributed by atoms with Crippen LogP contribution in [-0.4, -0.2) is 57.0 Å². The first-order valence-corrected chi connectivity index (χ1v) is 9.66. The Hall–Kier alpha value is -0.700. The number of carbonyl (C=O) groups is 1. The molecule has 1 aliphatic heterocycles. The van der Waals surface area contributed by atoms with Gasteiger partial charge in [-0.15, -0.1) is 0 Å². The molecule has 2 fully saturated rings. The van der Waals surface area contributed by atoms with E-state index in [2.05, 4.69) is 22.3 Å². The van der Waals surface area contributed by atoms with Crippen molar-refractivity contribution in [2.24, 2.45) is 11.8 Å². The summed E-state index contributed by atoms with van der Waals surface area (Å²) in [6.45, 7) is 3.61. The SMILES string of the molecule is CC1CCC(NS(=O)(=O)CC(=O)NCC2CNCC2O)CC1. The van der Waals surface area contributed by atoms with Crippen molar-refractivity contribution in [2.45, 2.75) is 44.8 Å². The highest BCUT2D eigenvalue weighted by Gasteiger charge is 2.27. The maximum Gasteiger partial charge on any atom is 0.236 e. The van der Waals surface area contributed by atoms with Crippen LogP contribution in [0.25, 0.3) is 0 Å². The molecule has 4 N–H and O–H groups in total. The summed E-state index contributed by atoms with van der Waals surface area (Å²) >= 11 is 0. The van der Waals surface area contributed by atoms with E-state index in [0.717, 1.165) is 25.7 Å². The van der Waals surface area contributed by atoms with Gasteiger partial charge >= 0.3 is 0 Å². The van der Waals surface area contributed by atoms with E-state index in [4.69, 9.17) is 0 Å². The van der Waals surface area contributed by atoms with E-state index in [-0.39, 0.29) is 12.0 Å². The number of carbonyl (C=O) groups excluding carboxylic acids is 1. The molecule has 1 amide bonds. The fourth-order valence-electron chi connectivity index (χ4n) is 3.07. The van der Waals surface area contributed by atoms with Crippen LogP contribution >= 0.6 is 0 Å². The van der Waals surface area contributed by atoms with Gasteiger partial charge in [-0.1, -0.05) is 6.92 Å². The van der Waals surface area contributed by atoms with Gasteiger partial charge in [0, 0.05) is 31.6 Å². The van der Waals surface area contributed by atoms with Crippen LogP contribution in [0.4, 0.5) is 0 Å². The zero-order valence-electron chi connectivity index (χ0n) is 13.0. The van der Waals surface area contributed by atoms with Crippen molar-refractivity contribution >= 4 is 15.9 Å². The minimum atomic E-state index is -3.60. The number of β-amino-alcohol motifs (C(OH)–C–C–N with tert-alkyl or cyclic N) is 1. The van der Waals surface area contributed by atoms with Gasteiger partial charge in [0.15, 0.2) is 0 Å². The second-order valence-electron chi connectivity index (χ2n) is 6.62. The molecule has 2 unspecified atom stereocenters. The molecule has 128 valence electrons. The summed E-state index contributed by atoms with van der Waals surface area (Å²) in [6.07, 6.45) is 3.22. The Morgan fingerprint density at radius 2 is 1.91 bits per heavy atom. The number of sulfonamides is 1. The summed E-state index contributed by atoms with van der Waals surface area (Å²) in [5.74, 6) is -0.472. The van der Waals surface area contributed by atoms with Crippen LogP contribution < -0.4 is 15.4 Å². The summed E-state index contributed by atoms with van der Waals surface area (Å²) in [6, 6.07) is -0.0464. The fourth-order valence-corrected chi connectivity index (χ4v) is 4.34. The third-order valence-electron chi connectivity index (χ3n) is 4.55. The zero-order chi connectivity index (χ0) is 16.2. The monoisotopic (exact) mass is 333 g/mol. The molecule has 0 aromatic rings. The quantitative estimate of drug-likeness (QED) is 0.508. The Bertz CT molecular complexity index is 474. The average molecular weight is 333 g/mol. The number of aliphatic hydroxyl groups excluding tert-OH is 1. The van der Waals surface area contributed by atoms with Crippen molar-refractivity contribution in [3.8, 4) is 0 Å². The lowest BCUT2D eigenvalue weighted by Crippen LogP contribution is -2.43. The smallest absolute Gasteiger partial charge is 0.236 e. The van der Waals surface area contributed by atoms with Gasteiger partial charge in [-0.2, -0.15) is 0 Å². The molecule has 1 heterocycles. The molecule has 7 nitrogen and oxygen atoms in total. The second kappa shape index (κ2) is 7.72. The van der Waals surface area contributed by atoms with Crippen LogP contribution in [0.5, 0.6) is 0 Å². The number of rotatable bonds is 6. The highest BCUT2D eigenvalue weighted by Crippen LogP contribution is 2.23. The molecule has 2 atom stereocenters. The topological polar surface area (TPSA) is 108 Å². The number of nitrogens with one attached hydrogen (secondary N) is 3. The van der Waals surface area contributed by atoms with E-state index in [9.17, 15) is 18.3 Å². The predicted molar refractivity (Wildman–Crippen MR) is 83.7 cm³/mol. The average Bonchev–Trinajstić information content (AvgIpc) is 2.84. The van der Waals surface area contributed by atoms with Crippen LogP contribution in [0, 0.1) is 11.8 Å².